The second-order valence-corrected chi connectivity index (χ2v) is 8.62. The van der Waals surface area contributed by atoms with Crippen LogP contribution in [0, 0.1) is 6.92 Å². The molecule has 1 saturated carbocycles. The zero-order valence-electron chi connectivity index (χ0n) is 17.2. The highest BCUT2D eigenvalue weighted by Gasteiger charge is 2.37. The summed E-state index contributed by atoms with van der Waals surface area (Å²) < 4.78 is 12.0. The minimum absolute atomic E-state index is 0.0598. The molecule has 1 aromatic heterocycles. The molecule has 2 aromatic rings. The van der Waals surface area contributed by atoms with Crippen LogP contribution in [0.15, 0.2) is 21.3 Å². The van der Waals surface area contributed by atoms with E-state index < -0.39 is 5.63 Å². The first-order valence-electron chi connectivity index (χ1n) is 10.6. The van der Waals surface area contributed by atoms with E-state index in [0.29, 0.717) is 11.1 Å². The molecule has 1 fully saturated rings. The smallest absolute Gasteiger partial charge is 0.340 e. The van der Waals surface area contributed by atoms with Crippen LogP contribution in [0.5, 0.6) is 5.75 Å². The van der Waals surface area contributed by atoms with Crippen LogP contribution in [-0.4, -0.2) is 29.3 Å². The number of carbonyl (C=O) groups excluding carboxylic acids is 1. The predicted octanol–water partition coefficient (Wildman–Crippen LogP) is 3.17. The molecule has 2 heterocycles. The molecule has 4 rings (SSSR count). The highest BCUT2D eigenvalue weighted by atomic mass is 16.5. The van der Waals surface area contributed by atoms with E-state index >= 15 is 0 Å². The van der Waals surface area contributed by atoms with Gasteiger partial charge in [0.2, 0.25) is 5.91 Å². The van der Waals surface area contributed by atoms with Gasteiger partial charge in [0.1, 0.15) is 16.9 Å². The number of benzene rings is 1. The van der Waals surface area contributed by atoms with E-state index in [1.165, 1.54) is 19.3 Å². The maximum absolute atomic E-state index is 12.6. The lowest BCUT2D eigenvalue weighted by Crippen LogP contribution is -2.41. The molecule has 1 unspecified atom stereocenters. The Morgan fingerprint density at radius 1 is 1.24 bits per heavy atom. The average Bonchev–Trinajstić information content (AvgIpc) is 2.70. The number of hydrogen-bond donors (Lipinski definition) is 2. The van der Waals surface area contributed by atoms with Crippen LogP contribution in [0.2, 0.25) is 0 Å². The Morgan fingerprint density at radius 3 is 2.72 bits per heavy atom. The van der Waals surface area contributed by atoms with Crippen LogP contribution in [-0.2, 0) is 17.6 Å². The third-order valence-electron chi connectivity index (χ3n) is 6.43. The summed E-state index contributed by atoms with van der Waals surface area (Å²) in [6.45, 7) is 3.42. The molecule has 2 aliphatic rings. The summed E-state index contributed by atoms with van der Waals surface area (Å²) in [5.41, 5.74) is 2.21. The van der Waals surface area contributed by atoms with Gasteiger partial charge in [-0.1, -0.05) is 6.42 Å². The maximum atomic E-state index is 12.6. The standard InChI is InChI=1S/C23H29NO5/c1-14(13-25)24-21(26)11-18-15(2)17-10-16-6-9-23(7-4-3-5-8-23)29-19(16)12-20(17)28-22(18)27/h10,12,14,25H,3-9,11,13H2,1-2H3,(H,24,26). The first-order chi connectivity index (χ1) is 13.9. The van der Waals surface area contributed by atoms with E-state index in [4.69, 9.17) is 14.3 Å². The molecule has 1 amide bonds. The summed E-state index contributed by atoms with van der Waals surface area (Å²) in [7, 11) is 0. The Hall–Kier alpha value is -2.34. The van der Waals surface area contributed by atoms with Crippen LogP contribution in [0.25, 0.3) is 11.0 Å². The van der Waals surface area contributed by atoms with Gasteiger partial charge in [-0.05, 0) is 69.6 Å². The first kappa shape index (κ1) is 20.0. The van der Waals surface area contributed by atoms with Crippen molar-refractivity contribution in [2.24, 2.45) is 0 Å². The molecule has 0 saturated heterocycles. The number of aliphatic hydroxyl groups excluding tert-OH is 1. The van der Waals surface area contributed by atoms with Gasteiger partial charge >= 0.3 is 5.63 Å². The van der Waals surface area contributed by atoms with E-state index in [-0.39, 0.29) is 30.6 Å². The number of nitrogens with one attached hydrogen (secondary N) is 1. The summed E-state index contributed by atoms with van der Waals surface area (Å²) in [5, 5.41) is 12.6. The second-order valence-electron chi connectivity index (χ2n) is 8.62. The number of aliphatic hydroxyl groups is 1. The minimum atomic E-state index is -0.495. The van der Waals surface area contributed by atoms with Crippen LogP contribution in [0.1, 0.15) is 62.1 Å². The average molecular weight is 399 g/mol. The van der Waals surface area contributed by atoms with Crippen LogP contribution in [0.4, 0.5) is 0 Å². The predicted molar refractivity (Wildman–Crippen MR) is 110 cm³/mol. The van der Waals surface area contributed by atoms with E-state index in [9.17, 15) is 9.59 Å². The molecule has 2 N–H and O–H groups in total. The first-order valence-corrected chi connectivity index (χ1v) is 10.6. The summed E-state index contributed by atoms with van der Waals surface area (Å²) in [4.78, 5) is 24.8. The summed E-state index contributed by atoms with van der Waals surface area (Å²) in [6, 6.07) is 3.55. The lowest BCUT2D eigenvalue weighted by molar-refractivity contribution is -0.121. The molecule has 0 radical (unpaired) electrons. The van der Waals surface area contributed by atoms with Crippen molar-refractivity contribution < 1.29 is 19.1 Å². The van der Waals surface area contributed by atoms with Gasteiger partial charge in [-0.2, -0.15) is 0 Å². The highest BCUT2D eigenvalue weighted by molar-refractivity contribution is 5.86. The van der Waals surface area contributed by atoms with Gasteiger partial charge in [0.15, 0.2) is 0 Å². The van der Waals surface area contributed by atoms with Crippen molar-refractivity contribution >= 4 is 16.9 Å². The summed E-state index contributed by atoms with van der Waals surface area (Å²) in [5.74, 6) is 0.525. The fraction of sp³-hybridized carbons (Fsp3) is 0.565. The fourth-order valence-electron chi connectivity index (χ4n) is 4.68. The van der Waals surface area contributed by atoms with Crippen molar-refractivity contribution in [2.45, 2.75) is 76.9 Å². The minimum Gasteiger partial charge on any atom is -0.487 e. The molecule has 6 heteroatoms. The Morgan fingerprint density at radius 2 is 2.00 bits per heavy atom. The van der Waals surface area contributed by atoms with Gasteiger partial charge in [-0.25, -0.2) is 4.79 Å². The van der Waals surface area contributed by atoms with E-state index in [1.54, 1.807) is 6.92 Å². The lowest BCUT2D eigenvalue weighted by atomic mass is 9.79. The van der Waals surface area contributed by atoms with Crippen molar-refractivity contribution in [3.8, 4) is 5.75 Å². The zero-order valence-corrected chi connectivity index (χ0v) is 17.2. The van der Waals surface area contributed by atoms with Crippen molar-refractivity contribution in [1.82, 2.24) is 5.32 Å². The van der Waals surface area contributed by atoms with E-state index in [0.717, 1.165) is 47.9 Å². The van der Waals surface area contributed by atoms with Crippen LogP contribution in [0.3, 0.4) is 0 Å². The molecule has 1 aromatic carbocycles. The number of aryl methyl sites for hydroxylation is 2. The number of rotatable bonds is 4. The van der Waals surface area contributed by atoms with Crippen molar-refractivity contribution in [1.29, 1.82) is 0 Å². The molecule has 1 spiro atoms. The van der Waals surface area contributed by atoms with Gasteiger partial charge in [-0.3, -0.25) is 4.79 Å². The SMILES string of the molecule is Cc1c(CC(=O)NC(C)CO)c(=O)oc2cc3c(cc12)CCC1(CCCCC1)O3. The zero-order chi connectivity index (χ0) is 20.6. The highest BCUT2D eigenvalue weighted by Crippen LogP contribution is 2.43. The number of fused-ring (bicyclic) bond motifs is 2. The largest absolute Gasteiger partial charge is 0.487 e. The molecule has 1 aliphatic heterocycles. The van der Waals surface area contributed by atoms with E-state index in [2.05, 4.69) is 11.4 Å². The molecule has 156 valence electrons. The summed E-state index contributed by atoms with van der Waals surface area (Å²) >= 11 is 0. The quantitative estimate of drug-likeness (QED) is 0.771. The fourth-order valence-corrected chi connectivity index (χ4v) is 4.68. The van der Waals surface area contributed by atoms with Gasteiger partial charge in [0.05, 0.1) is 18.6 Å². The molecule has 6 nitrogen and oxygen atoms in total. The number of ether oxygens (including phenoxy) is 1. The maximum Gasteiger partial charge on any atom is 0.340 e. The Kier molecular flexibility index (Phi) is 5.38. The Bertz CT molecular complexity index is 987. The molecule has 1 atom stereocenters. The van der Waals surface area contributed by atoms with Gasteiger partial charge < -0.3 is 19.6 Å². The van der Waals surface area contributed by atoms with Gasteiger partial charge in [-0.15, -0.1) is 0 Å². The Labute approximate surface area is 170 Å². The molecular formula is C23H29NO5. The van der Waals surface area contributed by atoms with Gasteiger partial charge in [0.25, 0.3) is 0 Å². The normalized spacial score (nSPS) is 18.9. The Balaban J connectivity index is 1.66. The second kappa shape index (κ2) is 7.82. The number of hydrogen-bond acceptors (Lipinski definition) is 5. The van der Waals surface area contributed by atoms with Crippen LogP contribution >= 0.6 is 0 Å². The van der Waals surface area contributed by atoms with Crippen molar-refractivity contribution in [3.05, 3.63) is 39.2 Å². The van der Waals surface area contributed by atoms with E-state index in [1.807, 2.05) is 13.0 Å². The molecule has 29 heavy (non-hydrogen) atoms. The molecule has 1 aliphatic carbocycles. The summed E-state index contributed by atoms with van der Waals surface area (Å²) in [6.07, 6.45) is 7.78. The van der Waals surface area contributed by atoms with Crippen LogP contribution < -0.4 is 15.7 Å². The number of amides is 1. The lowest BCUT2D eigenvalue weighted by Gasteiger charge is -2.41. The molecular weight excluding hydrogens is 370 g/mol. The van der Waals surface area contributed by atoms with Crippen molar-refractivity contribution in [3.63, 3.8) is 0 Å². The van der Waals surface area contributed by atoms with Gasteiger partial charge in [0, 0.05) is 17.5 Å². The number of carbonyl (C=O) groups is 1. The topological polar surface area (TPSA) is 88.8 Å². The third-order valence-corrected chi connectivity index (χ3v) is 6.43. The molecule has 0 bridgehead atoms. The van der Waals surface area contributed by atoms with Crippen molar-refractivity contribution in [2.75, 3.05) is 6.61 Å². The monoisotopic (exact) mass is 399 g/mol. The third kappa shape index (κ3) is 3.90.